The molecule has 6 nitrogen and oxygen atoms in total. The largest absolute Gasteiger partial charge is 0.272 e. The molecule has 0 bridgehead atoms. The van der Waals surface area contributed by atoms with Crippen LogP contribution in [-0.2, 0) is 19.2 Å². The molecule has 0 unspecified atom stereocenters. The number of carbonyl (C=O) groups is 2. The molecule has 0 heterocycles. The Bertz CT molecular complexity index is 285. The van der Waals surface area contributed by atoms with Crippen LogP contribution in [0.4, 0.5) is 0 Å². The third-order valence-corrected chi connectivity index (χ3v) is 1.37. The van der Waals surface area contributed by atoms with Gasteiger partial charge < -0.3 is 0 Å². The summed E-state index contributed by atoms with van der Waals surface area (Å²) in [4.78, 5) is 46.2. The molecule has 0 aliphatic rings. The van der Waals surface area contributed by atoms with Gasteiger partial charge in [-0.05, 0) is 12.8 Å². The van der Waals surface area contributed by atoms with Crippen molar-refractivity contribution in [1.29, 1.82) is 0 Å². The Morgan fingerprint density at radius 1 is 0.867 bits per heavy atom. The van der Waals surface area contributed by atoms with Crippen LogP contribution >= 0.6 is 12.4 Å². The van der Waals surface area contributed by atoms with Crippen molar-refractivity contribution >= 4 is 36.4 Å². The Kier molecular flexibility index (Phi) is 11.1. The van der Waals surface area contributed by atoms with Crippen molar-refractivity contribution < 1.29 is 19.2 Å². The van der Waals surface area contributed by atoms with Crippen LogP contribution in [0, 0.1) is 0 Å². The number of hydrogen-bond donors (Lipinski definition) is 0. The maximum absolute atomic E-state index is 10.6. The highest BCUT2D eigenvalue weighted by Gasteiger charge is 2.01. The number of isocyanates is 2. The van der Waals surface area contributed by atoms with E-state index in [-0.39, 0.29) is 25.2 Å². The van der Waals surface area contributed by atoms with Gasteiger partial charge in [-0.2, -0.15) is 0 Å². The lowest BCUT2D eigenvalue weighted by Gasteiger charge is -1.92. The van der Waals surface area contributed by atoms with Gasteiger partial charge in [-0.15, -0.1) is 22.4 Å². The van der Waals surface area contributed by atoms with Crippen LogP contribution in [0.1, 0.15) is 25.7 Å². The van der Waals surface area contributed by atoms with Crippen molar-refractivity contribution in [3.63, 3.8) is 0 Å². The number of unbranched alkanes of at least 4 members (excludes halogenated alkanes) is 1. The second-order valence-electron chi connectivity index (χ2n) is 2.40. The van der Waals surface area contributed by atoms with E-state index in [1.54, 1.807) is 0 Å². The van der Waals surface area contributed by atoms with Crippen LogP contribution in [0.25, 0.3) is 0 Å². The standard InChI is InChI=1S/C8H8N2O4.ClH/c11-5-9-7(13)3-1-2-4-8(14)10-6-12;/h1-4H2;1H. The molecule has 2 amide bonds. The lowest BCUT2D eigenvalue weighted by molar-refractivity contribution is -0.119. The van der Waals surface area contributed by atoms with E-state index >= 15 is 0 Å². The predicted molar refractivity (Wildman–Crippen MR) is 52.0 cm³/mol. The van der Waals surface area contributed by atoms with Gasteiger partial charge in [0.1, 0.15) is 0 Å². The maximum atomic E-state index is 10.6. The Morgan fingerprint density at radius 3 is 1.47 bits per heavy atom. The highest BCUT2D eigenvalue weighted by Crippen LogP contribution is 2.01. The van der Waals surface area contributed by atoms with E-state index in [2.05, 4.69) is 9.98 Å². The molecule has 0 atom stereocenters. The molecular weight excluding hydrogens is 224 g/mol. The molecule has 82 valence electrons. The molecule has 7 heteroatoms. The third kappa shape index (κ3) is 10.3. The van der Waals surface area contributed by atoms with Crippen LogP contribution < -0.4 is 0 Å². The fraction of sp³-hybridized carbons (Fsp3) is 0.500. The molecule has 0 fully saturated rings. The van der Waals surface area contributed by atoms with E-state index in [4.69, 9.17) is 0 Å². The van der Waals surface area contributed by atoms with E-state index in [1.165, 1.54) is 0 Å². The minimum absolute atomic E-state index is 0. The molecule has 0 aliphatic carbocycles. The van der Waals surface area contributed by atoms with E-state index < -0.39 is 11.8 Å². The molecule has 0 rings (SSSR count). The highest BCUT2D eigenvalue weighted by molar-refractivity contribution is 5.85. The molecule has 0 aromatic rings. The number of amides is 2. The first kappa shape index (κ1) is 15.8. The predicted octanol–water partition coefficient (Wildman–Crippen LogP) is 0.693. The van der Waals surface area contributed by atoms with Gasteiger partial charge in [0.15, 0.2) is 0 Å². The first-order valence-corrected chi connectivity index (χ1v) is 3.92. The van der Waals surface area contributed by atoms with Crippen molar-refractivity contribution in [1.82, 2.24) is 0 Å². The maximum Gasteiger partial charge on any atom is 0.256 e. The summed E-state index contributed by atoms with van der Waals surface area (Å²) in [6.07, 6.45) is 3.27. The zero-order chi connectivity index (χ0) is 10.8. The van der Waals surface area contributed by atoms with Gasteiger partial charge in [-0.25, -0.2) is 9.59 Å². The average molecular weight is 233 g/mol. The number of carbonyl (C=O) groups excluding carboxylic acids is 4. The summed E-state index contributed by atoms with van der Waals surface area (Å²) >= 11 is 0. The topological polar surface area (TPSA) is 93.0 Å². The SMILES string of the molecule is Cl.O=C=NC(=O)CCCCC(=O)N=C=O. The normalized spacial score (nSPS) is 7.73. The minimum atomic E-state index is -0.564. The second kappa shape index (κ2) is 10.5. The Balaban J connectivity index is 0. The number of aliphatic imine (C=N–C) groups is 2. The summed E-state index contributed by atoms with van der Waals surface area (Å²) in [6.45, 7) is 0. The second-order valence-corrected chi connectivity index (χ2v) is 2.40. The summed E-state index contributed by atoms with van der Waals surface area (Å²) < 4.78 is 0. The molecule has 0 saturated heterocycles. The van der Waals surface area contributed by atoms with Crippen molar-refractivity contribution in [2.75, 3.05) is 0 Å². The molecule has 0 saturated carbocycles. The van der Waals surface area contributed by atoms with Gasteiger partial charge in [-0.1, -0.05) is 0 Å². The van der Waals surface area contributed by atoms with E-state index in [0.29, 0.717) is 12.8 Å². The fourth-order valence-corrected chi connectivity index (χ4v) is 0.766. The van der Waals surface area contributed by atoms with Gasteiger partial charge in [-0.3, -0.25) is 9.59 Å². The summed E-state index contributed by atoms with van der Waals surface area (Å²) in [6, 6.07) is 0. The molecule has 0 N–H and O–H groups in total. The summed E-state index contributed by atoms with van der Waals surface area (Å²) in [7, 11) is 0. The molecular formula is C8H9ClN2O4. The van der Waals surface area contributed by atoms with Crippen molar-refractivity contribution in [3.05, 3.63) is 0 Å². The lowest BCUT2D eigenvalue weighted by Crippen LogP contribution is -1.95. The summed E-state index contributed by atoms with van der Waals surface area (Å²) in [5.41, 5.74) is 0. The lowest BCUT2D eigenvalue weighted by atomic mass is 10.2. The number of rotatable bonds is 5. The van der Waals surface area contributed by atoms with Crippen LogP contribution in [0.2, 0.25) is 0 Å². The highest BCUT2D eigenvalue weighted by atomic mass is 35.5. The first-order chi connectivity index (χ1) is 6.70. The monoisotopic (exact) mass is 232 g/mol. The summed E-state index contributed by atoms with van der Waals surface area (Å²) in [5.74, 6) is -1.13. The number of hydrogen-bond acceptors (Lipinski definition) is 4. The smallest absolute Gasteiger partial charge is 0.256 e. The van der Waals surface area contributed by atoms with Crippen LogP contribution in [0.15, 0.2) is 9.98 Å². The van der Waals surface area contributed by atoms with Gasteiger partial charge in [0, 0.05) is 12.8 Å². The van der Waals surface area contributed by atoms with Crippen molar-refractivity contribution in [2.24, 2.45) is 9.98 Å². The van der Waals surface area contributed by atoms with Crippen LogP contribution in [-0.4, -0.2) is 24.0 Å². The zero-order valence-corrected chi connectivity index (χ0v) is 8.58. The van der Waals surface area contributed by atoms with Crippen LogP contribution in [0.3, 0.4) is 0 Å². The van der Waals surface area contributed by atoms with E-state index in [1.807, 2.05) is 0 Å². The van der Waals surface area contributed by atoms with Crippen LogP contribution in [0.5, 0.6) is 0 Å². The molecule has 0 aromatic heterocycles. The molecule has 0 spiro atoms. The van der Waals surface area contributed by atoms with Gasteiger partial charge in [0.2, 0.25) is 12.2 Å². The van der Waals surface area contributed by atoms with E-state index in [9.17, 15) is 19.2 Å². The number of nitrogens with zero attached hydrogens (tertiary/aromatic N) is 2. The summed E-state index contributed by atoms with van der Waals surface area (Å²) in [5, 5.41) is 0. The Morgan fingerprint density at radius 2 is 1.20 bits per heavy atom. The van der Waals surface area contributed by atoms with E-state index in [0.717, 1.165) is 12.2 Å². The van der Waals surface area contributed by atoms with Crippen molar-refractivity contribution in [3.8, 4) is 0 Å². The van der Waals surface area contributed by atoms with Gasteiger partial charge >= 0.3 is 0 Å². The quantitative estimate of drug-likeness (QED) is 0.396. The average Bonchev–Trinajstić information content (AvgIpc) is 2.13. The molecule has 15 heavy (non-hydrogen) atoms. The Hall–Kier alpha value is -1.61. The zero-order valence-electron chi connectivity index (χ0n) is 7.76. The van der Waals surface area contributed by atoms with Gasteiger partial charge in [0.25, 0.3) is 11.8 Å². The molecule has 0 radical (unpaired) electrons. The Labute approximate surface area is 91.9 Å². The van der Waals surface area contributed by atoms with Gasteiger partial charge in [0.05, 0.1) is 0 Å². The molecule has 0 aliphatic heterocycles. The minimum Gasteiger partial charge on any atom is -0.272 e. The first-order valence-electron chi connectivity index (χ1n) is 3.92. The molecule has 0 aromatic carbocycles. The fourth-order valence-electron chi connectivity index (χ4n) is 0.766. The third-order valence-electron chi connectivity index (χ3n) is 1.37. The van der Waals surface area contributed by atoms with Crippen molar-refractivity contribution in [2.45, 2.75) is 25.7 Å². The number of halogens is 1.